The highest BCUT2D eigenvalue weighted by molar-refractivity contribution is 5.91. The molecule has 1 fully saturated rings. The van der Waals surface area contributed by atoms with Gasteiger partial charge in [-0.1, -0.05) is 11.5 Å². The molecule has 1 N–H and O–H groups in total. The van der Waals surface area contributed by atoms with Gasteiger partial charge in [-0.25, -0.2) is 0 Å². The van der Waals surface area contributed by atoms with E-state index in [4.69, 9.17) is 18.6 Å². The van der Waals surface area contributed by atoms with Crippen molar-refractivity contribution in [2.45, 2.75) is 40.0 Å². The first-order chi connectivity index (χ1) is 13.2. The number of hydrogen-bond donors (Lipinski definition) is 1. The lowest BCUT2D eigenvalue weighted by Crippen LogP contribution is -2.28. The number of amides is 1. The maximum absolute atomic E-state index is 12.0. The van der Waals surface area contributed by atoms with Crippen LogP contribution in [0.3, 0.4) is 0 Å². The second-order valence-electron chi connectivity index (χ2n) is 6.13. The number of rotatable bonds is 9. The molecular weight excluding hydrogens is 350 g/mol. The molecule has 1 saturated carbocycles. The average molecular weight is 375 g/mol. The van der Waals surface area contributed by atoms with E-state index in [2.05, 4.69) is 15.5 Å². The Bertz CT molecular complexity index is 758. The van der Waals surface area contributed by atoms with Crippen LogP contribution in [0.1, 0.15) is 40.0 Å². The number of carbonyl (C=O) groups is 1. The van der Waals surface area contributed by atoms with Crippen LogP contribution >= 0.6 is 0 Å². The van der Waals surface area contributed by atoms with Gasteiger partial charge in [-0.3, -0.25) is 10.1 Å². The smallest absolute Gasteiger partial charge is 0.322 e. The molecule has 0 atom stereocenters. The summed E-state index contributed by atoms with van der Waals surface area (Å²) in [5, 5.41) is 10.6. The van der Waals surface area contributed by atoms with Gasteiger partial charge in [0.25, 0.3) is 0 Å². The molecule has 2 aromatic rings. The highest BCUT2D eigenvalue weighted by Crippen LogP contribution is 2.42. The summed E-state index contributed by atoms with van der Waals surface area (Å²) in [5.74, 6) is 1.86. The first-order valence-corrected chi connectivity index (χ1v) is 9.37. The number of benzene rings is 1. The van der Waals surface area contributed by atoms with Gasteiger partial charge < -0.3 is 18.6 Å². The van der Waals surface area contributed by atoms with Crippen LogP contribution in [0.15, 0.2) is 16.5 Å². The van der Waals surface area contributed by atoms with E-state index in [1.807, 2.05) is 20.8 Å². The lowest BCUT2D eigenvalue weighted by Gasteiger charge is -2.22. The summed E-state index contributed by atoms with van der Waals surface area (Å²) in [5.41, 5.74) is 0.627. The molecule has 0 radical (unpaired) electrons. The molecule has 0 saturated heterocycles. The normalized spacial score (nSPS) is 13.7. The van der Waals surface area contributed by atoms with Crippen LogP contribution in [-0.2, 0) is 4.79 Å². The Morgan fingerprint density at radius 2 is 1.70 bits per heavy atom. The number of anilines is 1. The van der Waals surface area contributed by atoms with Crippen molar-refractivity contribution >= 4 is 11.9 Å². The fourth-order valence-electron chi connectivity index (χ4n) is 2.78. The maximum Gasteiger partial charge on any atom is 0.322 e. The molecule has 1 amide bonds. The van der Waals surface area contributed by atoms with Gasteiger partial charge in [0.05, 0.1) is 19.8 Å². The number of nitrogens with one attached hydrogen (secondary N) is 1. The van der Waals surface area contributed by atoms with E-state index in [1.54, 1.807) is 12.1 Å². The predicted molar refractivity (Wildman–Crippen MR) is 99.2 cm³/mol. The van der Waals surface area contributed by atoms with Gasteiger partial charge in [0.1, 0.15) is 0 Å². The molecule has 1 heterocycles. The Balaban J connectivity index is 1.87. The molecular formula is C19H25N3O5. The molecule has 1 aromatic heterocycles. The van der Waals surface area contributed by atoms with Crippen LogP contribution < -0.4 is 19.5 Å². The summed E-state index contributed by atoms with van der Waals surface area (Å²) in [7, 11) is 0. The van der Waals surface area contributed by atoms with Crippen molar-refractivity contribution < 1.29 is 23.4 Å². The molecule has 0 aliphatic heterocycles. The Labute approximate surface area is 158 Å². The van der Waals surface area contributed by atoms with Crippen LogP contribution in [-0.4, -0.2) is 35.9 Å². The van der Waals surface area contributed by atoms with Gasteiger partial charge >= 0.3 is 6.01 Å². The molecule has 0 unspecified atom stereocenters. The summed E-state index contributed by atoms with van der Waals surface area (Å²) in [6.07, 6.45) is 2.89. The standard InChI is InChI=1S/C19H25N3O5/c1-4-24-14-10-13(11-15(25-5-2)16(14)26-6-3)18-21-22-19(27-18)20-17(23)12-8-7-9-12/h10-12H,4-9H2,1-3H3,(H,20,22,23). The minimum absolute atomic E-state index is 0.0416. The van der Waals surface area contributed by atoms with Crippen molar-refractivity contribution in [3.8, 4) is 28.7 Å². The molecule has 8 heteroatoms. The highest BCUT2D eigenvalue weighted by Gasteiger charge is 2.26. The summed E-state index contributed by atoms with van der Waals surface area (Å²) in [6.45, 7) is 7.11. The lowest BCUT2D eigenvalue weighted by atomic mass is 9.85. The van der Waals surface area contributed by atoms with Crippen molar-refractivity contribution in [2.75, 3.05) is 25.1 Å². The monoisotopic (exact) mass is 375 g/mol. The Morgan fingerprint density at radius 1 is 1.07 bits per heavy atom. The number of ether oxygens (including phenoxy) is 3. The van der Waals surface area contributed by atoms with E-state index in [9.17, 15) is 4.79 Å². The van der Waals surface area contributed by atoms with Crippen molar-refractivity contribution in [3.63, 3.8) is 0 Å². The average Bonchev–Trinajstić information content (AvgIpc) is 3.04. The van der Waals surface area contributed by atoms with Crippen molar-refractivity contribution in [3.05, 3.63) is 12.1 Å². The zero-order chi connectivity index (χ0) is 19.2. The molecule has 3 rings (SSSR count). The van der Waals surface area contributed by atoms with Crippen LogP contribution in [0.5, 0.6) is 17.2 Å². The van der Waals surface area contributed by atoms with Crippen LogP contribution in [0.25, 0.3) is 11.5 Å². The van der Waals surface area contributed by atoms with Crippen LogP contribution in [0.4, 0.5) is 6.01 Å². The predicted octanol–water partition coefficient (Wildman–Crippen LogP) is 3.67. The van der Waals surface area contributed by atoms with Gasteiger partial charge in [-0.15, -0.1) is 5.10 Å². The van der Waals surface area contributed by atoms with Crippen LogP contribution in [0, 0.1) is 5.92 Å². The lowest BCUT2D eigenvalue weighted by molar-refractivity contribution is -0.122. The molecule has 1 aliphatic carbocycles. The first-order valence-electron chi connectivity index (χ1n) is 9.37. The SMILES string of the molecule is CCOc1cc(-c2nnc(NC(=O)C3CCC3)o2)cc(OCC)c1OCC. The zero-order valence-electron chi connectivity index (χ0n) is 15.9. The molecule has 0 bridgehead atoms. The number of aromatic nitrogens is 2. The van der Waals surface area contributed by atoms with Gasteiger partial charge in [-0.05, 0) is 45.7 Å². The topological polar surface area (TPSA) is 95.7 Å². The first kappa shape index (κ1) is 19.0. The Kier molecular flexibility index (Phi) is 6.16. The number of hydrogen-bond acceptors (Lipinski definition) is 7. The third-order valence-electron chi connectivity index (χ3n) is 4.29. The largest absolute Gasteiger partial charge is 0.490 e. The van der Waals surface area contributed by atoms with Crippen molar-refractivity contribution in [1.82, 2.24) is 10.2 Å². The maximum atomic E-state index is 12.0. The molecule has 146 valence electrons. The van der Waals surface area contributed by atoms with E-state index in [1.165, 1.54) is 0 Å². The van der Waals surface area contributed by atoms with Crippen molar-refractivity contribution in [1.29, 1.82) is 0 Å². The Morgan fingerprint density at radius 3 is 2.22 bits per heavy atom. The number of carbonyl (C=O) groups excluding carboxylic acids is 1. The van der Waals surface area contributed by atoms with E-state index < -0.39 is 0 Å². The van der Waals surface area contributed by atoms with E-state index in [0.717, 1.165) is 19.3 Å². The van der Waals surface area contributed by atoms with Crippen molar-refractivity contribution in [2.24, 2.45) is 5.92 Å². The third-order valence-corrected chi connectivity index (χ3v) is 4.29. The summed E-state index contributed by atoms with van der Waals surface area (Å²) in [4.78, 5) is 12.0. The van der Waals surface area contributed by atoms with Crippen LogP contribution in [0.2, 0.25) is 0 Å². The zero-order valence-corrected chi connectivity index (χ0v) is 15.9. The minimum atomic E-state index is -0.0758. The fraction of sp³-hybridized carbons (Fsp3) is 0.526. The second kappa shape index (κ2) is 8.75. The molecule has 27 heavy (non-hydrogen) atoms. The van der Waals surface area contributed by atoms with E-state index in [0.29, 0.717) is 42.6 Å². The van der Waals surface area contributed by atoms with Gasteiger partial charge in [-0.2, -0.15) is 0 Å². The molecule has 8 nitrogen and oxygen atoms in total. The fourth-order valence-corrected chi connectivity index (χ4v) is 2.78. The van der Waals surface area contributed by atoms with Gasteiger partial charge in [0, 0.05) is 11.5 Å². The van der Waals surface area contributed by atoms with Gasteiger partial charge in [0.2, 0.25) is 17.5 Å². The minimum Gasteiger partial charge on any atom is -0.490 e. The summed E-state index contributed by atoms with van der Waals surface area (Å²) in [6, 6.07) is 3.62. The molecule has 1 aromatic carbocycles. The molecule has 1 aliphatic rings. The van der Waals surface area contributed by atoms with E-state index >= 15 is 0 Å². The summed E-state index contributed by atoms with van der Waals surface area (Å²) < 4.78 is 22.7. The molecule has 0 spiro atoms. The number of nitrogens with zero attached hydrogens (tertiary/aromatic N) is 2. The Hall–Kier alpha value is -2.77. The highest BCUT2D eigenvalue weighted by atomic mass is 16.5. The van der Waals surface area contributed by atoms with E-state index in [-0.39, 0.29) is 23.7 Å². The third kappa shape index (κ3) is 4.32. The van der Waals surface area contributed by atoms with Gasteiger partial charge in [0.15, 0.2) is 11.5 Å². The second-order valence-corrected chi connectivity index (χ2v) is 6.13. The summed E-state index contributed by atoms with van der Waals surface area (Å²) >= 11 is 0. The quantitative estimate of drug-likeness (QED) is 0.714.